The van der Waals surface area contributed by atoms with Gasteiger partial charge in [-0.3, -0.25) is 5.32 Å². The summed E-state index contributed by atoms with van der Waals surface area (Å²) in [7, 11) is 1.71. The van der Waals surface area contributed by atoms with E-state index >= 15 is 0 Å². The molecule has 0 amide bonds. The van der Waals surface area contributed by atoms with Crippen molar-refractivity contribution < 1.29 is 24.1 Å². The van der Waals surface area contributed by atoms with Gasteiger partial charge in [-0.05, 0) is 70.1 Å². The molecule has 0 bridgehead atoms. The van der Waals surface area contributed by atoms with Gasteiger partial charge >= 0.3 is 6.16 Å². The van der Waals surface area contributed by atoms with E-state index in [0.717, 1.165) is 35.1 Å². The molecule has 2 rings (SSSR count). The number of carbonyl (C=O) groups excluding carboxylic acids is 1. The minimum atomic E-state index is -0.727. The normalized spacial score (nSPS) is 23.1. The molecule has 0 spiro atoms. The van der Waals surface area contributed by atoms with Crippen molar-refractivity contribution in [3.63, 3.8) is 0 Å². The maximum absolute atomic E-state index is 12.3. The van der Waals surface area contributed by atoms with Crippen LogP contribution in [-0.2, 0) is 14.2 Å². The first kappa shape index (κ1) is 22.4. The average molecular weight is 392 g/mol. The van der Waals surface area contributed by atoms with Gasteiger partial charge < -0.3 is 19.3 Å². The zero-order valence-corrected chi connectivity index (χ0v) is 17.6. The Hall–Kier alpha value is -1.89. The lowest BCUT2D eigenvalue weighted by Gasteiger charge is -2.41. The quantitative estimate of drug-likeness (QED) is 0.414. The number of hydrogen-bond acceptors (Lipinski definition) is 6. The Morgan fingerprint density at radius 3 is 2.54 bits per heavy atom. The Morgan fingerprint density at radius 1 is 1.29 bits per heavy atom. The number of ether oxygens (including phenoxy) is 3. The molecule has 156 valence electrons. The van der Waals surface area contributed by atoms with E-state index in [2.05, 4.69) is 23.5 Å². The van der Waals surface area contributed by atoms with Crippen LogP contribution >= 0.6 is 0 Å². The highest BCUT2D eigenvalue weighted by Crippen LogP contribution is 2.40. The van der Waals surface area contributed by atoms with Crippen molar-refractivity contribution in [1.82, 2.24) is 5.32 Å². The highest BCUT2D eigenvalue weighted by Gasteiger charge is 2.42. The monoisotopic (exact) mass is 391 g/mol. The first-order chi connectivity index (χ1) is 13.4. The summed E-state index contributed by atoms with van der Waals surface area (Å²) in [4.78, 5) is 12.3. The number of rotatable bonds is 7. The van der Waals surface area contributed by atoms with Crippen molar-refractivity contribution in [3.05, 3.63) is 40.6 Å². The van der Waals surface area contributed by atoms with Crippen LogP contribution in [-0.4, -0.2) is 43.4 Å². The Labute approximate surface area is 167 Å². The molecule has 6 nitrogen and oxygen atoms in total. The number of allylic oxidation sites excluding steroid dienone is 1. The molecule has 2 N–H and O–H groups in total. The SMILES string of the molecule is CCOC(=O)O/C(=C(/C)c1cc(C)ccc1C)[C@]1(NCO)CC[C@@H](OC)CC1. The molecule has 0 saturated heterocycles. The van der Waals surface area contributed by atoms with Gasteiger partial charge in [-0.1, -0.05) is 23.8 Å². The van der Waals surface area contributed by atoms with Crippen LogP contribution in [0.4, 0.5) is 4.79 Å². The summed E-state index contributed by atoms with van der Waals surface area (Å²) < 4.78 is 16.3. The number of aliphatic hydroxyl groups excluding tert-OH is 1. The summed E-state index contributed by atoms with van der Waals surface area (Å²) >= 11 is 0. The predicted octanol–water partition coefficient (Wildman–Crippen LogP) is 4.07. The van der Waals surface area contributed by atoms with E-state index in [1.807, 2.05) is 20.8 Å². The predicted molar refractivity (Wildman–Crippen MR) is 109 cm³/mol. The Morgan fingerprint density at radius 2 is 1.96 bits per heavy atom. The molecule has 1 aromatic carbocycles. The lowest BCUT2D eigenvalue weighted by atomic mass is 9.76. The van der Waals surface area contributed by atoms with Crippen LogP contribution < -0.4 is 5.32 Å². The van der Waals surface area contributed by atoms with E-state index in [-0.39, 0.29) is 19.4 Å². The summed E-state index contributed by atoms with van der Waals surface area (Å²) in [6, 6.07) is 6.21. The van der Waals surface area contributed by atoms with Gasteiger partial charge in [0.05, 0.1) is 25.0 Å². The van der Waals surface area contributed by atoms with Gasteiger partial charge in [-0.2, -0.15) is 0 Å². The third-order valence-corrected chi connectivity index (χ3v) is 5.56. The number of aliphatic hydroxyl groups is 1. The van der Waals surface area contributed by atoms with Gasteiger partial charge in [0, 0.05) is 7.11 Å². The molecule has 0 aliphatic heterocycles. The second-order valence-corrected chi connectivity index (χ2v) is 7.41. The van der Waals surface area contributed by atoms with E-state index in [0.29, 0.717) is 18.6 Å². The molecule has 0 unspecified atom stereocenters. The largest absolute Gasteiger partial charge is 0.513 e. The Kier molecular flexibility index (Phi) is 8.04. The minimum Gasteiger partial charge on any atom is -0.434 e. The highest BCUT2D eigenvalue weighted by molar-refractivity contribution is 5.73. The van der Waals surface area contributed by atoms with Crippen molar-refractivity contribution >= 4 is 11.7 Å². The first-order valence-electron chi connectivity index (χ1n) is 9.89. The molecular formula is C22H33NO5. The van der Waals surface area contributed by atoms with E-state index in [1.165, 1.54) is 0 Å². The van der Waals surface area contributed by atoms with Crippen LogP contribution in [0.1, 0.15) is 56.2 Å². The standard InChI is InChI=1S/C22H33NO5/c1-6-27-21(25)28-20(17(4)19-13-15(2)7-8-16(19)3)22(23-14-24)11-9-18(26-5)10-12-22/h7-8,13,18,23-24H,6,9-12,14H2,1-5H3/b20-17-/t18-,22+. The molecular weight excluding hydrogens is 358 g/mol. The van der Waals surface area contributed by atoms with E-state index in [9.17, 15) is 9.90 Å². The zero-order chi connectivity index (χ0) is 20.7. The van der Waals surface area contributed by atoms with Gasteiger partial charge in [0.15, 0.2) is 0 Å². The van der Waals surface area contributed by atoms with E-state index < -0.39 is 11.7 Å². The van der Waals surface area contributed by atoms with Crippen LogP contribution in [0.2, 0.25) is 0 Å². The summed E-state index contributed by atoms with van der Waals surface area (Å²) in [6.45, 7) is 7.80. The molecule has 1 aromatic rings. The van der Waals surface area contributed by atoms with Crippen molar-refractivity contribution in [3.8, 4) is 0 Å². The maximum atomic E-state index is 12.3. The van der Waals surface area contributed by atoms with Gasteiger partial charge in [0.25, 0.3) is 0 Å². The fourth-order valence-corrected chi connectivity index (χ4v) is 3.98. The second-order valence-electron chi connectivity index (χ2n) is 7.41. The van der Waals surface area contributed by atoms with Crippen LogP contribution in [0, 0.1) is 13.8 Å². The van der Waals surface area contributed by atoms with Gasteiger partial charge in [-0.25, -0.2) is 4.79 Å². The Balaban J connectivity index is 2.55. The fraction of sp³-hybridized carbons (Fsp3) is 0.591. The van der Waals surface area contributed by atoms with Gasteiger partial charge in [-0.15, -0.1) is 0 Å². The second kappa shape index (κ2) is 10.0. The maximum Gasteiger partial charge on any atom is 0.513 e. The Bertz CT molecular complexity index is 705. The first-order valence-corrected chi connectivity index (χ1v) is 9.89. The number of methoxy groups -OCH3 is 1. The smallest absolute Gasteiger partial charge is 0.434 e. The molecule has 0 radical (unpaired) electrons. The van der Waals surface area contributed by atoms with Crippen LogP contribution in [0.15, 0.2) is 24.0 Å². The third kappa shape index (κ3) is 5.13. The van der Waals surface area contributed by atoms with Crippen molar-refractivity contribution in [1.29, 1.82) is 0 Å². The van der Waals surface area contributed by atoms with Crippen molar-refractivity contribution in [2.24, 2.45) is 0 Å². The lowest BCUT2D eigenvalue weighted by Crippen LogP contribution is -2.52. The van der Waals surface area contributed by atoms with Crippen molar-refractivity contribution in [2.75, 3.05) is 20.4 Å². The molecule has 1 aliphatic carbocycles. The molecule has 1 fully saturated rings. The topological polar surface area (TPSA) is 77.0 Å². The zero-order valence-electron chi connectivity index (χ0n) is 17.6. The molecule has 0 atom stereocenters. The number of aryl methyl sites for hydroxylation is 2. The average Bonchev–Trinajstić information content (AvgIpc) is 2.68. The van der Waals surface area contributed by atoms with Gasteiger partial charge in [0.2, 0.25) is 0 Å². The number of benzene rings is 1. The fourth-order valence-electron chi connectivity index (χ4n) is 3.98. The minimum absolute atomic E-state index is 0.165. The van der Waals surface area contributed by atoms with Crippen LogP contribution in [0.3, 0.4) is 0 Å². The number of carbonyl (C=O) groups is 1. The van der Waals surface area contributed by atoms with E-state index in [4.69, 9.17) is 14.2 Å². The molecule has 0 heterocycles. The number of nitrogens with one attached hydrogen (secondary N) is 1. The van der Waals surface area contributed by atoms with Crippen molar-refractivity contribution in [2.45, 2.75) is 65.0 Å². The lowest BCUT2D eigenvalue weighted by molar-refractivity contribution is 0.0204. The van der Waals surface area contributed by atoms with Crippen LogP contribution in [0.5, 0.6) is 0 Å². The molecule has 1 saturated carbocycles. The molecule has 1 aliphatic rings. The van der Waals surface area contributed by atoms with Gasteiger partial charge in [0.1, 0.15) is 5.76 Å². The molecule has 28 heavy (non-hydrogen) atoms. The molecule has 6 heteroatoms. The summed E-state index contributed by atoms with van der Waals surface area (Å²) in [5, 5.41) is 12.9. The third-order valence-electron chi connectivity index (χ3n) is 5.56. The summed E-state index contributed by atoms with van der Waals surface area (Å²) in [5.74, 6) is 0.517. The molecule has 0 aromatic heterocycles. The highest BCUT2D eigenvalue weighted by atomic mass is 16.7. The number of hydrogen-bond donors (Lipinski definition) is 2. The summed E-state index contributed by atoms with van der Waals surface area (Å²) in [5.41, 5.74) is 3.45. The van der Waals surface area contributed by atoms with E-state index in [1.54, 1.807) is 14.0 Å². The summed E-state index contributed by atoms with van der Waals surface area (Å²) in [6.07, 6.45) is 2.42. The van der Waals surface area contributed by atoms with Crippen LogP contribution in [0.25, 0.3) is 5.57 Å².